The number of halogens is 3. The van der Waals surface area contributed by atoms with Gasteiger partial charge in [-0.15, -0.1) is 0 Å². The molecule has 2 heterocycles. The molecule has 3 rings (SSSR count). The number of likely N-dealkylation sites (N-methyl/N-ethyl adjacent to an activating group) is 1. The van der Waals surface area contributed by atoms with E-state index in [4.69, 9.17) is 23.2 Å². The van der Waals surface area contributed by atoms with Crippen molar-refractivity contribution in [3.63, 3.8) is 0 Å². The van der Waals surface area contributed by atoms with Crippen LogP contribution in [0.5, 0.6) is 0 Å². The SMILES string of the molecule is CN(CC1CCCCN1C(=O)c1cccc(Cl)c1Cl)c1ncc(Br)cn1. The number of carbonyl (C=O) groups is 1. The molecule has 1 aliphatic heterocycles. The number of aromatic nitrogens is 2. The van der Waals surface area contributed by atoms with Gasteiger partial charge in [0.05, 0.1) is 20.1 Å². The van der Waals surface area contributed by atoms with Crippen LogP contribution >= 0.6 is 39.1 Å². The van der Waals surface area contributed by atoms with Crippen LogP contribution < -0.4 is 4.90 Å². The summed E-state index contributed by atoms with van der Waals surface area (Å²) >= 11 is 15.7. The van der Waals surface area contributed by atoms with Gasteiger partial charge in [-0.2, -0.15) is 0 Å². The molecular weight excluding hydrogens is 439 g/mol. The van der Waals surface area contributed by atoms with Gasteiger partial charge in [-0.05, 0) is 47.3 Å². The van der Waals surface area contributed by atoms with Crippen molar-refractivity contribution in [2.75, 3.05) is 25.0 Å². The summed E-state index contributed by atoms with van der Waals surface area (Å²) in [5.74, 6) is 0.555. The van der Waals surface area contributed by atoms with Crippen LogP contribution in [0.1, 0.15) is 29.6 Å². The molecule has 1 atom stereocenters. The average molecular weight is 458 g/mol. The lowest BCUT2D eigenvalue weighted by Gasteiger charge is -2.38. The highest BCUT2D eigenvalue weighted by Crippen LogP contribution is 2.29. The summed E-state index contributed by atoms with van der Waals surface area (Å²) in [6.07, 6.45) is 6.44. The van der Waals surface area contributed by atoms with Crippen LogP contribution in [-0.4, -0.2) is 47.0 Å². The fraction of sp³-hybridized carbons (Fsp3) is 0.389. The molecular formula is C18H19BrCl2N4O. The second-order valence-corrected chi connectivity index (χ2v) is 8.03. The first-order valence-electron chi connectivity index (χ1n) is 8.41. The molecule has 26 heavy (non-hydrogen) atoms. The summed E-state index contributed by atoms with van der Waals surface area (Å²) in [5.41, 5.74) is 0.452. The minimum Gasteiger partial charge on any atom is -0.342 e. The summed E-state index contributed by atoms with van der Waals surface area (Å²) in [7, 11) is 1.94. The lowest BCUT2D eigenvalue weighted by molar-refractivity contribution is 0.0622. The Labute approximate surface area is 171 Å². The van der Waals surface area contributed by atoms with Crippen molar-refractivity contribution in [3.8, 4) is 0 Å². The largest absolute Gasteiger partial charge is 0.342 e. The van der Waals surface area contributed by atoms with E-state index in [1.54, 1.807) is 30.6 Å². The molecule has 1 aromatic heterocycles. The summed E-state index contributed by atoms with van der Waals surface area (Å²) in [6, 6.07) is 5.24. The average Bonchev–Trinajstić information content (AvgIpc) is 2.64. The van der Waals surface area contributed by atoms with Crippen molar-refractivity contribution in [1.29, 1.82) is 0 Å². The van der Waals surface area contributed by atoms with Gasteiger partial charge < -0.3 is 9.80 Å². The van der Waals surface area contributed by atoms with Crippen molar-refractivity contribution in [2.24, 2.45) is 0 Å². The molecule has 0 aliphatic carbocycles. The zero-order chi connectivity index (χ0) is 18.7. The summed E-state index contributed by atoms with van der Waals surface area (Å²) in [6.45, 7) is 1.37. The van der Waals surface area contributed by atoms with E-state index in [1.807, 2.05) is 16.8 Å². The Balaban J connectivity index is 1.78. The lowest BCUT2D eigenvalue weighted by atomic mass is 10.00. The normalized spacial score (nSPS) is 17.2. The van der Waals surface area contributed by atoms with Crippen molar-refractivity contribution in [2.45, 2.75) is 25.3 Å². The van der Waals surface area contributed by atoms with Gasteiger partial charge in [0, 0.05) is 38.6 Å². The molecule has 1 aromatic carbocycles. The molecule has 138 valence electrons. The zero-order valence-corrected chi connectivity index (χ0v) is 17.4. The van der Waals surface area contributed by atoms with Gasteiger partial charge >= 0.3 is 0 Å². The highest BCUT2D eigenvalue weighted by atomic mass is 79.9. The summed E-state index contributed by atoms with van der Waals surface area (Å²) in [5, 5.41) is 0.708. The Morgan fingerprint density at radius 2 is 2.04 bits per heavy atom. The van der Waals surface area contributed by atoms with Gasteiger partial charge in [-0.1, -0.05) is 29.3 Å². The molecule has 1 saturated heterocycles. The number of hydrogen-bond acceptors (Lipinski definition) is 4. The van der Waals surface area contributed by atoms with Gasteiger partial charge in [0.25, 0.3) is 5.91 Å². The highest BCUT2D eigenvalue weighted by Gasteiger charge is 2.30. The van der Waals surface area contributed by atoms with E-state index in [-0.39, 0.29) is 11.9 Å². The predicted octanol–water partition coefficient (Wildman–Crippen LogP) is 4.68. The number of hydrogen-bond donors (Lipinski definition) is 0. The van der Waals surface area contributed by atoms with Gasteiger partial charge in [-0.3, -0.25) is 4.79 Å². The molecule has 0 radical (unpaired) electrons. The van der Waals surface area contributed by atoms with E-state index in [1.165, 1.54) is 0 Å². The number of likely N-dealkylation sites (tertiary alicyclic amines) is 1. The molecule has 0 bridgehead atoms. The number of amides is 1. The molecule has 1 aliphatic rings. The molecule has 1 amide bonds. The third-order valence-corrected chi connectivity index (χ3v) is 5.73. The lowest BCUT2D eigenvalue weighted by Crippen LogP contribution is -2.49. The van der Waals surface area contributed by atoms with Crippen LogP contribution in [-0.2, 0) is 0 Å². The minimum atomic E-state index is -0.0766. The van der Waals surface area contributed by atoms with Crippen molar-refractivity contribution in [1.82, 2.24) is 14.9 Å². The van der Waals surface area contributed by atoms with Gasteiger partial charge in [0.1, 0.15) is 0 Å². The minimum absolute atomic E-state index is 0.0727. The number of carbonyl (C=O) groups excluding carboxylic acids is 1. The zero-order valence-electron chi connectivity index (χ0n) is 14.3. The third kappa shape index (κ3) is 4.30. The fourth-order valence-corrected chi connectivity index (χ4v) is 3.77. The smallest absolute Gasteiger partial charge is 0.255 e. The van der Waals surface area contributed by atoms with Crippen LogP contribution in [0.4, 0.5) is 5.95 Å². The Morgan fingerprint density at radius 3 is 2.77 bits per heavy atom. The Kier molecular flexibility index (Phi) is 6.37. The molecule has 0 spiro atoms. The fourth-order valence-electron chi connectivity index (χ4n) is 3.18. The van der Waals surface area contributed by atoms with Crippen molar-refractivity contribution < 1.29 is 4.79 Å². The molecule has 0 N–H and O–H groups in total. The molecule has 1 fully saturated rings. The molecule has 1 unspecified atom stereocenters. The van der Waals surface area contributed by atoms with E-state index in [9.17, 15) is 4.79 Å². The number of anilines is 1. The maximum atomic E-state index is 13.1. The molecule has 0 saturated carbocycles. The van der Waals surface area contributed by atoms with Crippen molar-refractivity contribution >= 4 is 51.0 Å². The summed E-state index contributed by atoms with van der Waals surface area (Å²) < 4.78 is 0.833. The van der Waals surface area contributed by atoms with E-state index in [0.717, 1.165) is 23.7 Å². The summed E-state index contributed by atoms with van der Waals surface area (Å²) in [4.78, 5) is 25.6. The van der Waals surface area contributed by atoms with E-state index < -0.39 is 0 Å². The Morgan fingerprint density at radius 1 is 1.31 bits per heavy atom. The number of piperidine rings is 1. The Hall–Kier alpha value is -1.37. The Bertz CT molecular complexity index is 787. The standard InChI is InChI=1S/C18H19BrCl2N4O/c1-24(18-22-9-12(19)10-23-18)11-13-5-2-3-8-25(13)17(26)14-6-4-7-15(20)16(14)21/h4,6-7,9-10,13H,2-3,5,8,11H2,1H3. The van der Waals surface area contributed by atoms with Gasteiger partial charge in [0.15, 0.2) is 0 Å². The highest BCUT2D eigenvalue weighted by molar-refractivity contribution is 9.10. The number of nitrogens with zero attached hydrogens (tertiary/aromatic N) is 4. The monoisotopic (exact) mass is 456 g/mol. The van der Waals surface area contributed by atoms with E-state index in [2.05, 4.69) is 25.9 Å². The molecule has 5 nitrogen and oxygen atoms in total. The number of benzene rings is 1. The maximum Gasteiger partial charge on any atom is 0.255 e. The second kappa shape index (κ2) is 8.55. The first-order valence-corrected chi connectivity index (χ1v) is 9.96. The predicted molar refractivity (Wildman–Crippen MR) is 108 cm³/mol. The van der Waals surface area contributed by atoms with Crippen LogP contribution in [0.2, 0.25) is 10.0 Å². The molecule has 8 heteroatoms. The first kappa shape index (κ1) is 19.4. The van der Waals surface area contributed by atoms with E-state index in [0.29, 0.717) is 34.6 Å². The van der Waals surface area contributed by atoms with Crippen molar-refractivity contribution in [3.05, 3.63) is 50.7 Å². The van der Waals surface area contributed by atoms with E-state index >= 15 is 0 Å². The van der Waals surface area contributed by atoms with Crippen LogP contribution in [0, 0.1) is 0 Å². The maximum absolute atomic E-state index is 13.1. The van der Waals surface area contributed by atoms with Crippen LogP contribution in [0.25, 0.3) is 0 Å². The number of rotatable bonds is 4. The molecule has 2 aromatic rings. The van der Waals surface area contributed by atoms with Crippen LogP contribution in [0.15, 0.2) is 35.1 Å². The topological polar surface area (TPSA) is 49.3 Å². The quantitative estimate of drug-likeness (QED) is 0.668. The van der Waals surface area contributed by atoms with Crippen LogP contribution in [0.3, 0.4) is 0 Å². The van der Waals surface area contributed by atoms with Gasteiger partial charge in [-0.25, -0.2) is 9.97 Å². The van der Waals surface area contributed by atoms with Gasteiger partial charge in [0.2, 0.25) is 5.95 Å². The third-order valence-electron chi connectivity index (χ3n) is 4.50. The first-order chi connectivity index (χ1) is 12.5. The second-order valence-electron chi connectivity index (χ2n) is 6.33.